The van der Waals surface area contributed by atoms with E-state index in [2.05, 4.69) is 27.9 Å². The summed E-state index contributed by atoms with van der Waals surface area (Å²) in [6.45, 7) is 1.58. The summed E-state index contributed by atoms with van der Waals surface area (Å²) < 4.78 is 58.5. The molecule has 2 unspecified atom stereocenters. The van der Waals surface area contributed by atoms with Crippen molar-refractivity contribution in [3.8, 4) is 0 Å². The lowest BCUT2D eigenvalue weighted by Gasteiger charge is -2.38. The predicted octanol–water partition coefficient (Wildman–Crippen LogP) is -0.587. The minimum absolute atomic E-state index is 0.0629. The van der Waals surface area contributed by atoms with Crippen LogP contribution in [0.3, 0.4) is 0 Å². The molecule has 18 nitrogen and oxygen atoms in total. The van der Waals surface area contributed by atoms with Crippen molar-refractivity contribution in [1.29, 1.82) is 0 Å². The van der Waals surface area contributed by atoms with Crippen LogP contribution in [0.1, 0.15) is 20.1 Å². The number of fused-ring (bicyclic) bond motifs is 1. The van der Waals surface area contributed by atoms with Crippen molar-refractivity contribution in [3.05, 3.63) is 12.7 Å². The Balaban J connectivity index is 1.62. The number of nitrogen functional groups attached to an aromatic ring is 1. The second-order valence-electron chi connectivity index (χ2n) is 6.95. The van der Waals surface area contributed by atoms with Crippen LogP contribution in [-0.4, -0.2) is 56.4 Å². The number of anilines is 1. The largest absolute Gasteiger partial charge is 0.756 e. The van der Waals surface area contributed by atoms with Gasteiger partial charge >= 0.3 is 20.5 Å². The Morgan fingerprint density at radius 1 is 1.11 bits per heavy atom. The zero-order valence-electron chi connectivity index (χ0n) is 17.7. The second-order valence-corrected chi connectivity index (χ2v) is 11.4. The average molecular weight is 555 g/mol. The molecule has 2 aliphatic rings. The Morgan fingerprint density at radius 2 is 1.74 bits per heavy atom. The third-order valence-corrected chi connectivity index (χ3v) is 9.05. The summed E-state index contributed by atoms with van der Waals surface area (Å²) in [5.74, 6) is -1.46. The van der Waals surface area contributed by atoms with Gasteiger partial charge in [0.2, 0.25) is 0 Å². The minimum Gasteiger partial charge on any atom is -0.756 e. The van der Waals surface area contributed by atoms with E-state index < -0.39 is 67.3 Å². The van der Waals surface area contributed by atoms with Crippen LogP contribution in [0.25, 0.3) is 11.2 Å². The first-order valence-electron chi connectivity index (χ1n) is 9.44. The van der Waals surface area contributed by atoms with Crippen LogP contribution >= 0.6 is 24.2 Å². The SMILES string of the molecule is CC(=O)O[C@@H]1[C@H](OC(C)=O)[C@@H](COP2OP(=O)([O-])OP(=O)([O-])O2)O[C@H]1n1cnc2c(N)ncnc21. The zero-order chi connectivity index (χ0) is 25.5. The maximum Gasteiger partial charge on any atom is 0.346 e. The number of nitrogens with zero attached hydrogens (tertiary/aromatic N) is 4. The lowest BCUT2D eigenvalue weighted by Crippen LogP contribution is -2.40. The molecule has 4 heterocycles. The third kappa shape index (κ3) is 5.84. The van der Waals surface area contributed by atoms with Crippen molar-refractivity contribution in [3.63, 3.8) is 0 Å². The molecule has 0 aliphatic carbocycles. The lowest BCUT2D eigenvalue weighted by atomic mass is 10.1. The molecule has 2 aliphatic heterocycles. The van der Waals surface area contributed by atoms with Crippen molar-refractivity contribution in [1.82, 2.24) is 19.5 Å². The number of carbonyl (C=O) groups excluding carboxylic acids is 2. The topological polar surface area (TPSA) is 249 Å². The van der Waals surface area contributed by atoms with Gasteiger partial charge in [-0.2, -0.15) is 0 Å². The number of hydrogen-bond donors (Lipinski definition) is 1. The predicted molar refractivity (Wildman–Crippen MR) is 106 cm³/mol. The van der Waals surface area contributed by atoms with Gasteiger partial charge in [0.05, 0.1) is 12.9 Å². The summed E-state index contributed by atoms with van der Waals surface area (Å²) >= 11 is 0. The minimum atomic E-state index is -5.26. The molecular weight excluding hydrogens is 539 g/mol. The molecular formula is C14H16N5O13P3-2. The normalized spacial score (nSPS) is 35.1. The summed E-state index contributed by atoms with van der Waals surface area (Å²) in [4.78, 5) is 58.6. The van der Waals surface area contributed by atoms with Crippen molar-refractivity contribution in [2.75, 3.05) is 12.3 Å². The van der Waals surface area contributed by atoms with Crippen LogP contribution in [0.15, 0.2) is 12.7 Å². The maximum absolute atomic E-state index is 11.8. The quantitative estimate of drug-likeness (QED) is 0.345. The molecule has 0 amide bonds. The van der Waals surface area contributed by atoms with Crippen molar-refractivity contribution in [2.45, 2.75) is 38.4 Å². The Morgan fingerprint density at radius 3 is 2.37 bits per heavy atom. The molecule has 192 valence electrons. The van der Waals surface area contributed by atoms with Crippen LogP contribution < -0.4 is 15.5 Å². The van der Waals surface area contributed by atoms with Gasteiger partial charge in [0.25, 0.3) is 15.6 Å². The Hall–Kier alpha value is -2.10. The highest BCUT2D eigenvalue weighted by Crippen LogP contribution is 2.73. The van der Waals surface area contributed by atoms with Crippen LogP contribution in [-0.2, 0) is 50.4 Å². The fourth-order valence-electron chi connectivity index (χ4n) is 3.29. The molecule has 6 atom stereocenters. The molecule has 4 rings (SSSR count). The van der Waals surface area contributed by atoms with Crippen LogP contribution in [0.2, 0.25) is 0 Å². The van der Waals surface area contributed by atoms with Gasteiger partial charge in [0.15, 0.2) is 29.9 Å². The number of aromatic nitrogens is 4. The van der Waals surface area contributed by atoms with Crippen LogP contribution in [0.5, 0.6) is 0 Å². The van der Waals surface area contributed by atoms with Crippen molar-refractivity contribution in [2.24, 2.45) is 0 Å². The molecule has 2 aromatic rings. The number of esters is 2. The Bertz CT molecular complexity index is 1220. The van der Waals surface area contributed by atoms with Gasteiger partial charge in [-0.25, -0.2) is 27.9 Å². The van der Waals surface area contributed by atoms with Gasteiger partial charge < -0.3 is 34.3 Å². The average Bonchev–Trinajstić information content (AvgIpc) is 3.26. The highest BCUT2D eigenvalue weighted by molar-refractivity contribution is 7.71. The summed E-state index contributed by atoms with van der Waals surface area (Å²) in [6, 6.07) is 0. The van der Waals surface area contributed by atoms with E-state index in [0.29, 0.717) is 0 Å². The first-order chi connectivity index (χ1) is 16.3. The van der Waals surface area contributed by atoms with E-state index in [-0.39, 0.29) is 17.0 Å². The van der Waals surface area contributed by atoms with Gasteiger partial charge in [-0.05, 0) is 0 Å². The smallest absolute Gasteiger partial charge is 0.346 e. The maximum atomic E-state index is 11.8. The van der Waals surface area contributed by atoms with E-state index >= 15 is 0 Å². The number of hydrogen-bond acceptors (Lipinski definition) is 17. The Kier molecular flexibility index (Phi) is 7.23. The summed E-state index contributed by atoms with van der Waals surface area (Å²) in [5.41, 5.74) is 6.21. The molecule has 0 radical (unpaired) electrons. The van der Waals surface area contributed by atoms with Gasteiger partial charge in [0, 0.05) is 13.8 Å². The van der Waals surface area contributed by atoms with Crippen molar-refractivity contribution < 1.29 is 60.2 Å². The first-order valence-corrected chi connectivity index (χ1v) is 13.5. The molecule has 0 bridgehead atoms. The highest BCUT2D eigenvalue weighted by Gasteiger charge is 2.51. The standard InChI is InChI=1S/C14H18N5O13P3/c1-6(20)27-10-8(3-26-33-30-34(22,23)32-35(24,25)31-33)29-14(11(10)28-7(2)21)19-5-18-9-12(15)16-4-17-13(9)19/h4-5,8,10-11,14H,3H2,1-2H3,(H,22,23)(H,24,25)(H2,15,16,17)/p-2/t8-,10-,11-,14-/m1/s1. The first kappa shape index (κ1) is 26.0. The van der Waals surface area contributed by atoms with E-state index in [4.69, 9.17) is 24.5 Å². The molecule has 2 fully saturated rings. The van der Waals surface area contributed by atoms with E-state index in [9.17, 15) is 28.5 Å². The van der Waals surface area contributed by atoms with Gasteiger partial charge in [0.1, 0.15) is 17.9 Å². The van der Waals surface area contributed by atoms with E-state index in [1.165, 1.54) is 17.2 Å². The zero-order valence-corrected chi connectivity index (χ0v) is 20.4. The lowest BCUT2D eigenvalue weighted by molar-refractivity contribution is -0.240. The summed E-state index contributed by atoms with van der Waals surface area (Å²) in [7, 11) is -13.5. The van der Waals surface area contributed by atoms with Crippen LogP contribution in [0, 0.1) is 0 Å². The van der Waals surface area contributed by atoms with Gasteiger partial charge in [-0.1, -0.05) is 0 Å². The number of phosphoric acid groups is 2. The number of nitrogens with two attached hydrogens (primary N) is 1. The molecule has 2 saturated heterocycles. The van der Waals surface area contributed by atoms with E-state index in [0.717, 1.165) is 13.8 Å². The third-order valence-electron chi connectivity index (χ3n) is 4.43. The fraction of sp³-hybridized carbons (Fsp3) is 0.500. The Labute approximate surface area is 196 Å². The molecule has 0 aromatic carbocycles. The molecule has 2 N–H and O–H groups in total. The molecule has 0 saturated carbocycles. The summed E-state index contributed by atoms with van der Waals surface area (Å²) in [6.07, 6.45) is -2.54. The van der Waals surface area contributed by atoms with Crippen molar-refractivity contribution >= 4 is 53.2 Å². The number of carbonyl (C=O) groups is 2. The fourth-order valence-corrected chi connectivity index (χ4v) is 7.38. The molecule has 21 heteroatoms. The summed E-state index contributed by atoms with van der Waals surface area (Å²) in [5, 5.41) is 0. The van der Waals surface area contributed by atoms with E-state index in [1.54, 1.807) is 0 Å². The van der Waals surface area contributed by atoms with Gasteiger partial charge in [-0.15, -0.1) is 0 Å². The number of imidazole rings is 1. The monoisotopic (exact) mass is 555 g/mol. The van der Waals surface area contributed by atoms with Crippen LogP contribution in [0.4, 0.5) is 5.82 Å². The molecule has 35 heavy (non-hydrogen) atoms. The number of rotatable bonds is 6. The second kappa shape index (κ2) is 9.75. The van der Waals surface area contributed by atoms with Gasteiger partial charge in [-0.3, -0.25) is 23.3 Å². The van der Waals surface area contributed by atoms with E-state index in [1.807, 2.05) is 0 Å². The molecule has 0 spiro atoms. The molecule has 2 aromatic heterocycles. The number of ether oxygens (including phenoxy) is 3. The highest BCUT2D eigenvalue weighted by atomic mass is 31.3.